The molecule has 0 fully saturated rings. The minimum atomic E-state index is 0.312. The van der Waals surface area contributed by atoms with Crippen LogP contribution in [0.5, 0.6) is 0 Å². The molecule has 0 amide bonds. The molecule has 114 valence electrons. The number of furan rings is 1. The summed E-state index contributed by atoms with van der Waals surface area (Å²) >= 11 is 1.67. The predicted octanol–water partition coefficient (Wildman–Crippen LogP) is 5.11. The van der Waals surface area contributed by atoms with Gasteiger partial charge in [0.05, 0.1) is 18.0 Å². The van der Waals surface area contributed by atoms with Gasteiger partial charge in [0, 0.05) is 4.88 Å². The highest BCUT2D eigenvalue weighted by molar-refractivity contribution is 7.16. The number of nitrogens with zero attached hydrogens (tertiary/aromatic N) is 2. The summed E-state index contributed by atoms with van der Waals surface area (Å²) < 4.78 is 5.26. The van der Waals surface area contributed by atoms with Crippen molar-refractivity contribution in [1.29, 1.82) is 5.26 Å². The van der Waals surface area contributed by atoms with Crippen LogP contribution in [0, 0.1) is 22.7 Å². The van der Waals surface area contributed by atoms with Gasteiger partial charge < -0.3 is 4.42 Å². The van der Waals surface area contributed by atoms with Crippen molar-refractivity contribution in [2.75, 3.05) is 0 Å². The molecule has 3 rings (SSSR count). The molecule has 2 aromatic rings. The Hall–Kier alpha value is -1.86. The fraction of sp³-hybridized carbons (Fsp3) is 0.444. The molecular formula is C18H20N2OS. The SMILES string of the molecule is CC(C)(C)C1CCc2c(sc(/N=C/c3ccco3)c2C#N)C1. The van der Waals surface area contributed by atoms with Gasteiger partial charge in [-0.2, -0.15) is 5.26 Å². The van der Waals surface area contributed by atoms with Crippen LogP contribution in [0.4, 0.5) is 5.00 Å². The molecule has 2 aromatic heterocycles. The Morgan fingerprint density at radius 1 is 1.45 bits per heavy atom. The van der Waals surface area contributed by atoms with Gasteiger partial charge in [0.1, 0.15) is 16.8 Å². The molecule has 1 aliphatic rings. The van der Waals surface area contributed by atoms with Crippen LogP contribution in [-0.4, -0.2) is 6.21 Å². The van der Waals surface area contributed by atoms with Gasteiger partial charge in [0.2, 0.25) is 0 Å². The molecule has 1 aliphatic carbocycles. The molecule has 0 saturated heterocycles. The van der Waals surface area contributed by atoms with E-state index in [1.54, 1.807) is 23.8 Å². The van der Waals surface area contributed by atoms with Crippen LogP contribution in [-0.2, 0) is 12.8 Å². The van der Waals surface area contributed by atoms with Gasteiger partial charge >= 0.3 is 0 Å². The second-order valence-electron chi connectivity index (χ2n) is 6.88. The Morgan fingerprint density at radius 3 is 2.91 bits per heavy atom. The Bertz CT molecular complexity index is 726. The number of hydrogen-bond donors (Lipinski definition) is 0. The Balaban J connectivity index is 1.91. The molecule has 0 spiro atoms. The Kier molecular flexibility index (Phi) is 3.92. The maximum Gasteiger partial charge on any atom is 0.144 e. The fourth-order valence-electron chi connectivity index (χ4n) is 3.00. The third kappa shape index (κ3) is 2.86. The van der Waals surface area contributed by atoms with Crippen molar-refractivity contribution >= 4 is 22.6 Å². The first-order chi connectivity index (χ1) is 10.5. The molecule has 0 N–H and O–H groups in total. The van der Waals surface area contributed by atoms with E-state index in [2.05, 4.69) is 31.8 Å². The highest BCUT2D eigenvalue weighted by Gasteiger charge is 2.32. The van der Waals surface area contributed by atoms with Crippen LogP contribution in [0.2, 0.25) is 0 Å². The van der Waals surface area contributed by atoms with E-state index in [0.29, 0.717) is 17.1 Å². The summed E-state index contributed by atoms with van der Waals surface area (Å²) in [7, 11) is 0. The lowest BCUT2D eigenvalue weighted by Gasteiger charge is -2.33. The molecule has 0 aromatic carbocycles. The van der Waals surface area contributed by atoms with E-state index in [1.165, 1.54) is 10.4 Å². The van der Waals surface area contributed by atoms with E-state index < -0.39 is 0 Å². The lowest BCUT2D eigenvalue weighted by molar-refractivity contribution is 0.218. The first-order valence-electron chi connectivity index (χ1n) is 7.61. The third-order valence-electron chi connectivity index (χ3n) is 4.44. The maximum atomic E-state index is 9.51. The van der Waals surface area contributed by atoms with Gasteiger partial charge in [-0.15, -0.1) is 11.3 Å². The van der Waals surface area contributed by atoms with Crippen LogP contribution in [0.1, 0.15) is 49.0 Å². The number of rotatable bonds is 2. The molecule has 1 unspecified atom stereocenters. The third-order valence-corrected chi connectivity index (χ3v) is 5.60. The molecule has 0 saturated carbocycles. The minimum absolute atomic E-state index is 0.312. The van der Waals surface area contributed by atoms with Crippen LogP contribution < -0.4 is 0 Å². The van der Waals surface area contributed by atoms with Gasteiger partial charge in [-0.1, -0.05) is 20.8 Å². The molecule has 22 heavy (non-hydrogen) atoms. The molecule has 4 heteroatoms. The summed E-state index contributed by atoms with van der Waals surface area (Å²) in [6.07, 6.45) is 6.53. The zero-order valence-electron chi connectivity index (χ0n) is 13.2. The van der Waals surface area contributed by atoms with Gasteiger partial charge in [0.25, 0.3) is 0 Å². The standard InChI is InChI=1S/C18H20N2OS/c1-18(2,3)12-6-7-14-15(10-19)17(22-16(14)9-12)20-11-13-5-4-8-21-13/h4-5,8,11-12H,6-7,9H2,1-3H3/b20-11+. The summed E-state index contributed by atoms with van der Waals surface area (Å²) in [5.41, 5.74) is 2.29. The zero-order valence-corrected chi connectivity index (χ0v) is 14.0. The molecule has 1 atom stereocenters. The molecule has 0 bridgehead atoms. The van der Waals surface area contributed by atoms with Crippen molar-refractivity contribution < 1.29 is 4.42 Å². The Morgan fingerprint density at radius 2 is 2.27 bits per heavy atom. The Labute approximate surface area is 135 Å². The highest BCUT2D eigenvalue weighted by Crippen LogP contribution is 2.44. The first-order valence-corrected chi connectivity index (χ1v) is 8.43. The van der Waals surface area contributed by atoms with Crippen LogP contribution in [0.15, 0.2) is 27.8 Å². The molecule has 0 aliphatic heterocycles. The monoisotopic (exact) mass is 312 g/mol. The van der Waals surface area contributed by atoms with Crippen molar-refractivity contribution in [1.82, 2.24) is 0 Å². The van der Waals surface area contributed by atoms with Gasteiger partial charge in [-0.25, -0.2) is 4.99 Å². The largest absolute Gasteiger partial charge is 0.463 e. The fourth-order valence-corrected chi connectivity index (χ4v) is 4.23. The highest BCUT2D eigenvalue weighted by atomic mass is 32.1. The second-order valence-corrected chi connectivity index (χ2v) is 7.96. The van der Waals surface area contributed by atoms with Gasteiger partial charge in [-0.05, 0) is 48.3 Å². The summed E-state index contributed by atoms with van der Waals surface area (Å²) in [5, 5.41) is 10.3. The van der Waals surface area contributed by atoms with E-state index in [1.807, 2.05) is 12.1 Å². The number of hydrogen-bond acceptors (Lipinski definition) is 4. The number of thiophene rings is 1. The summed E-state index contributed by atoms with van der Waals surface area (Å²) in [4.78, 5) is 5.83. The van der Waals surface area contributed by atoms with Crippen molar-refractivity contribution in [2.45, 2.75) is 40.0 Å². The quantitative estimate of drug-likeness (QED) is 0.723. The summed E-state index contributed by atoms with van der Waals surface area (Å²) in [5.74, 6) is 1.38. The minimum Gasteiger partial charge on any atom is -0.463 e. The van der Waals surface area contributed by atoms with Crippen molar-refractivity contribution in [3.8, 4) is 6.07 Å². The van der Waals surface area contributed by atoms with E-state index in [-0.39, 0.29) is 0 Å². The van der Waals surface area contributed by atoms with Crippen LogP contribution >= 0.6 is 11.3 Å². The number of aliphatic imine (C=N–C) groups is 1. The van der Waals surface area contributed by atoms with E-state index >= 15 is 0 Å². The molecule has 3 nitrogen and oxygen atoms in total. The lowest BCUT2D eigenvalue weighted by atomic mass is 9.72. The topological polar surface area (TPSA) is 49.3 Å². The second kappa shape index (κ2) is 5.73. The predicted molar refractivity (Wildman–Crippen MR) is 90.0 cm³/mol. The zero-order chi connectivity index (χ0) is 15.7. The van der Waals surface area contributed by atoms with E-state index in [9.17, 15) is 5.26 Å². The van der Waals surface area contributed by atoms with E-state index in [4.69, 9.17) is 4.42 Å². The maximum absolute atomic E-state index is 9.51. The molecule has 2 heterocycles. The summed E-state index contributed by atoms with van der Waals surface area (Å²) in [6.45, 7) is 6.91. The average Bonchev–Trinajstić information content (AvgIpc) is 3.10. The van der Waals surface area contributed by atoms with Gasteiger partial charge in [-0.3, -0.25) is 0 Å². The smallest absolute Gasteiger partial charge is 0.144 e. The normalized spacial score (nSPS) is 18.4. The van der Waals surface area contributed by atoms with E-state index in [0.717, 1.165) is 29.8 Å². The van der Waals surface area contributed by atoms with Crippen molar-refractivity contribution in [3.05, 3.63) is 40.2 Å². The summed E-state index contributed by atoms with van der Waals surface area (Å²) in [6, 6.07) is 6.05. The van der Waals surface area contributed by atoms with Gasteiger partial charge in [0.15, 0.2) is 0 Å². The van der Waals surface area contributed by atoms with Crippen molar-refractivity contribution in [3.63, 3.8) is 0 Å². The van der Waals surface area contributed by atoms with Crippen molar-refractivity contribution in [2.24, 2.45) is 16.3 Å². The first kappa shape index (κ1) is 15.1. The molecular weight excluding hydrogens is 292 g/mol. The number of fused-ring (bicyclic) bond motifs is 1. The van der Waals surface area contributed by atoms with Crippen LogP contribution in [0.3, 0.4) is 0 Å². The number of nitriles is 1. The van der Waals surface area contributed by atoms with Crippen LogP contribution in [0.25, 0.3) is 0 Å². The molecule has 0 radical (unpaired) electrons. The lowest BCUT2D eigenvalue weighted by Crippen LogP contribution is -2.26. The average molecular weight is 312 g/mol.